The molecule has 2 aromatic heterocycles. The van der Waals surface area contributed by atoms with Crippen LogP contribution in [0.25, 0.3) is 5.69 Å². The van der Waals surface area contributed by atoms with Crippen molar-refractivity contribution in [1.29, 1.82) is 0 Å². The second kappa shape index (κ2) is 6.65. The number of tetrazole rings is 1. The molecule has 0 aliphatic rings. The predicted octanol–water partition coefficient (Wildman–Crippen LogP) is 1.71. The van der Waals surface area contributed by atoms with E-state index in [0.717, 1.165) is 0 Å². The highest BCUT2D eigenvalue weighted by molar-refractivity contribution is 6.04. The van der Waals surface area contributed by atoms with E-state index in [2.05, 4.69) is 25.8 Å². The number of carbonyl (C=O) groups is 1. The number of nitrogens with zero attached hydrogens (tertiary/aromatic N) is 5. The third-order valence-corrected chi connectivity index (χ3v) is 3.05. The van der Waals surface area contributed by atoms with Crippen molar-refractivity contribution in [2.24, 2.45) is 0 Å². The number of aromatic nitrogens is 5. The molecule has 0 fully saturated rings. The molecule has 8 nitrogen and oxygen atoms in total. The fraction of sp³-hybridized carbons (Fsp3) is 0.133. The first-order valence-corrected chi connectivity index (χ1v) is 6.99. The van der Waals surface area contributed by atoms with Gasteiger partial charge in [-0.3, -0.25) is 9.78 Å². The first-order chi connectivity index (χ1) is 11.3. The SMILES string of the molecule is CCOc1ccc(NC(=O)c2ccncc2)cc1-n1cnnn1. The van der Waals surface area contributed by atoms with Crippen LogP contribution in [-0.4, -0.2) is 37.7 Å². The number of amides is 1. The van der Waals surface area contributed by atoms with E-state index >= 15 is 0 Å². The Morgan fingerprint density at radius 2 is 2.09 bits per heavy atom. The molecule has 0 aliphatic heterocycles. The number of pyridine rings is 1. The van der Waals surface area contributed by atoms with Crippen LogP contribution in [-0.2, 0) is 0 Å². The normalized spacial score (nSPS) is 10.3. The van der Waals surface area contributed by atoms with Crippen LogP contribution in [0.1, 0.15) is 17.3 Å². The van der Waals surface area contributed by atoms with Crippen LogP contribution >= 0.6 is 0 Å². The van der Waals surface area contributed by atoms with Crippen LogP contribution in [0.4, 0.5) is 5.69 Å². The minimum Gasteiger partial charge on any atom is -0.492 e. The third kappa shape index (κ3) is 3.31. The lowest BCUT2D eigenvalue weighted by molar-refractivity contribution is 0.102. The Balaban J connectivity index is 1.89. The van der Waals surface area contributed by atoms with Crippen molar-refractivity contribution in [2.45, 2.75) is 6.92 Å². The van der Waals surface area contributed by atoms with Gasteiger partial charge in [-0.2, -0.15) is 4.68 Å². The van der Waals surface area contributed by atoms with Crippen molar-refractivity contribution in [3.8, 4) is 11.4 Å². The average Bonchev–Trinajstić information content (AvgIpc) is 3.11. The third-order valence-electron chi connectivity index (χ3n) is 3.05. The summed E-state index contributed by atoms with van der Waals surface area (Å²) in [6.07, 6.45) is 4.60. The molecule has 1 N–H and O–H groups in total. The van der Waals surface area contributed by atoms with E-state index in [1.807, 2.05) is 6.92 Å². The Morgan fingerprint density at radius 1 is 1.26 bits per heavy atom. The summed E-state index contributed by atoms with van der Waals surface area (Å²) in [7, 11) is 0. The standard InChI is InChI=1S/C15H14N6O2/c1-2-23-14-4-3-12(9-13(14)21-10-17-19-20-21)18-15(22)11-5-7-16-8-6-11/h3-10H,2H2,1H3,(H,18,22). The van der Waals surface area contributed by atoms with Gasteiger partial charge in [0.05, 0.1) is 6.61 Å². The molecule has 0 unspecified atom stereocenters. The molecule has 23 heavy (non-hydrogen) atoms. The monoisotopic (exact) mass is 310 g/mol. The first kappa shape index (κ1) is 14.6. The molecule has 3 rings (SSSR count). The number of rotatable bonds is 5. The lowest BCUT2D eigenvalue weighted by atomic mass is 10.2. The summed E-state index contributed by atoms with van der Waals surface area (Å²) in [4.78, 5) is 16.1. The summed E-state index contributed by atoms with van der Waals surface area (Å²) >= 11 is 0. The van der Waals surface area contributed by atoms with Gasteiger partial charge in [-0.05, 0) is 47.7 Å². The quantitative estimate of drug-likeness (QED) is 0.771. The molecule has 0 radical (unpaired) electrons. The fourth-order valence-electron chi connectivity index (χ4n) is 2.03. The van der Waals surface area contributed by atoms with Crippen LogP contribution in [0, 0.1) is 0 Å². The number of hydrogen-bond donors (Lipinski definition) is 1. The van der Waals surface area contributed by atoms with Gasteiger partial charge in [0.1, 0.15) is 17.8 Å². The molecular formula is C15H14N6O2. The van der Waals surface area contributed by atoms with E-state index in [4.69, 9.17) is 4.74 Å². The number of nitrogens with one attached hydrogen (secondary N) is 1. The molecule has 0 saturated carbocycles. The molecule has 0 saturated heterocycles. The Kier molecular flexibility index (Phi) is 4.23. The molecule has 3 aromatic rings. The van der Waals surface area contributed by atoms with Crippen LogP contribution < -0.4 is 10.1 Å². The Bertz CT molecular complexity index is 789. The minimum atomic E-state index is -0.223. The van der Waals surface area contributed by atoms with Crippen LogP contribution in [0.15, 0.2) is 49.1 Å². The maximum atomic E-state index is 12.2. The van der Waals surface area contributed by atoms with Crippen molar-refractivity contribution in [2.75, 3.05) is 11.9 Å². The lowest BCUT2D eigenvalue weighted by Crippen LogP contribution is -2.12. The Hall–Kier alpha value is -3.29. The lowest BCUT2D eigenvalue weighted by Gasteiger charge is -2.12. The second-order valence-electron chi connectivity index (χ2n) is 4.56. The molecule has 0 spiro atoms. The zero-order valence-corrected chi connectivity index (χ0v) is 12.4. The number of hydrogen-bond acceptors (Lipinski definition) is 6. The van der Waals surface area contributed by atoms with Crippen LogP contribution in [0.2, 0.25) is 0 Å². The highest BCUT2D eigenvalue weighted by Crippen LogP contribution is 2.26. The maximum absolute atomic E-state index is 12.2. The minimum absolute atomic E-state index is 0.223. The molecule has 1 amide bonds. The van der Waals surface area contributed by atoms with E-state index in [-0.39, 0.29) is 5.91 Å². The van der Waals surface area contributed by atoms with Crippen LogP contribution in [0.3, 0.4) is 0 Å². The fourth-order valence-corrected chi connectivity index (χ4v) is 2.03. The van der Waals surface area contributed by atoms with E-state index < -0.39 is 0 Å². The summed E-state index contributed by atoms with van der Waals surface area (Å²) in [6.45, 7) is 2.40. The van der Waals surface area contributed by atoms with Crippen molar-refractivity contribution < 1.29 is 9.53 Å². The summed E-state index contributed by atoms with van der Waals surface area (Å²) in [6, 6.07) is 8.57. The van der Waals surface area contributed by atoms with Gasteiger partial charge in [0.2, 0.25) is 0 Å². The number of ether oxygens (including phenoxy) is 1. The maximum Gasteiger partial charge on any atom is 0.255 e. The Labute approximate surface area is 132 Å². The molecular weight excluding hydrogens is 296 g/mol. The summed E-state index contributed by atoms with van der Waals surface area (Å²) in [5.74, 6) is 0.404. The van der Waals surface area contributed by atoms with Gasteiger partial charge < -0.3 is 10.1 Å². The van der Waals surface area contributed by atoms with Crippen LogP contribution in [0.5, 0.6) is 5.75 Å². The Morgan fingerprint density at radius 3 is 2.78 bits per heavy atom. The number of benzene rings is 1. The number of carbonyl (C=O) groups excluding carboxylic acids is 1. The smallest absolute Gasteiger partial charge is 0.255 e. The second-order valence-corrected chi connectivity index (χ2v) is 4.56. The van der Waals surface area contributed by atoms with Crippen molar-refractivity contribution >= 4 is 11.6 Å². The van der Waals surface area contributed by atoms with E-state index in [9.17, 15) is 4.79 Å². The first-order valence-electron chi connectivity index (χ1n) is 6.99. The number of anilines is 1. The summed E-state index contributed by atoms with van der Waals surface area (Å²) < 4.78 is 7.05. The van der Waals surface area contributed by atoms with E-state index in [0.29, 0.717) is 29.3 Å². The topological polar surface area (TPSA) is 94.8 Å². The van der Waals surface area contributed by atoms with Gasteiger partial charge in [0.15, 0.2) is 0 Å². The molecule has 116 valence electrons. The van der Waals surface area contributed by atoms with Gasteiger partial charge in [0, 0.05) is 23.6 Å². The van der Waals surface area contributed by atoms with Gasteiger partial charge in [0.25, 0.3) is 5.91 Å². The molecule has 2 heterocycles. The van der Waals surface area contributed by atoms with Gasteiger partial charge in [-0.1, -0.05) is 0 Å². The molecule has 1 aromatic carbocycles. The molecule has 0 aliphatic carbocycles. The van der Waals surface area contributed by atoms with Crippen molar-refractivity contribution in [3.63, 3.8) is 0 Å². The van der Waals surface area contributed by atoms with E-state index in [1.54, 1.807) is 42.7 Å². The average molecular weight is 310 g/mol. The highest BCUT2D eigenvalue weighted by atomic mass is 16.5. The zero-order valence-electron chi connectivity index (χ0n) is 12.4. The summed E-state index contributed by atoms with van der Waals surface area (Å²) in [5.41, 5.74) is 1.78. The zero-order chi connectivity index (χ0) is 16.1. The van der Waals surface area contributed by atoms with Gasteiger partial charge in [-0.25, -0.2) is 0 Å². The largest absolute Gasteiger partial charge is 0.492 e. The molecule has 0 bridgehead atoms. The molecule has 0 atom stereocenters. The summed E-state index contributed by atoms with van der Waals surface area (Å²) in [5, 5.41) is 13.9. The van der Waals surface area contributed by atoms with E-state index in [1.165, 1.54) is 11.0 Å². The van der Waals surface area contributed by atoms with Gasteiger partial charge in [-0.15, -0.1) is 5.10 Å². The predicted molar refractivity (Wildman–Crippen MR) is 82.5 cm³/mol. The van der Waals surface area contributed by atoms with Crippen molar-refractivity contribution in [1.82, 2.24) is 25.2 Å². The van der Waals surface area contributed by atoms with Crippen molar-refractivity contribution in [3.05, 3.63) is 54.6 Å². The highest BCUT2D eigenvalue weighted by Gasteiger charge is 2.11. The van der Waals surface area contributed by atoms with Gasteiger partial charge >= 0.3 is 0 Å². The molecule has 8 heteroatoms.